The molecular formula is C11H15NO7S. The van der Waals surface area contributed by atoms with Crippen LogP contribution in [0.3, 0.4) is 0 Å². The molecule has 112 valence electrons. The van der Waals surface area contributed by atoms with Gasteiger partial charge in [-0.15, -0.1) is 0 Å². The van der Waals surface area contributed by atoms with E-state index in [1.165, 1.54) is 12.1 Å². The van der Waals surface area contributed by atoms with Gasteiger partial charge < -0.3 is 15.6 Å². The van der Waals surface area contributed by atoms with Crippen molar-refractivity contribution >= 4 is 22.1 Å². The monoisotopic (exact) mass is 305 g/mol. The first-order valence-electron chi connectivity index (χ1n) is 5.26. The van der Waals surface area contributed by atoms with E-state index in [4.69, 9.17) is 15.4 Å². The highest BCUT2D eigenvalue weighted by molar-refractivity contribution is 7.85. The van der Waals surface area contributed by atoms with E-state index in [0.717, 1.165) is 7.11 Å². The number of carbonyl (C=O) groups excluding carboxylic acids is 1. The molecule has 0 bridgehead atoms. The molecule has 0 aromatic heterocycles. The van der Waals surface area contributed by atoms with Crippen molar-refractivity contribution in [3.63, 3.8) is 0 Å². The lowest BCUT2D eigenvalue weighted by molar-refractivity contribution is -0.147. The van der Waals surface area contributed by atoms with Crippen molar-refractivity contribution in [3.8, 4) is 0 Å². The van der Waals surface area contributed by atoms with Crippen LogP contribution in [0.5, 0.6) is 0 Å². The Balaban J connectivity index is 0.000000361. The molecule has 0 spiro atoms. The lowest BCUT2D eigenvalue weighted by atomic mass is 10.2. The lowest BCUT2D eigenvalue weighted by Crippen LogP contribution is -2.33. The molecule has 0 fully saturated rings. The van der Waals surface area contributed by atoms with Crippen LogP contribution in [-0.4, -0.2) is 43.2 Å². The number of benzene rings is 1. The van der Waals surface area contributed by atoms with E-state index in [1.54, 1.807) is 18.2 Å². The van der Waals surface area contributed by atoms with E-state index < -0.39 is 34.5 Å². The van der Waals surface area contributed by atoms with Crippen LogP contribution in [0, 0.1) is 0 Å². The lowest BCUT2D eigenvalue weighted by Gasteiger charge is -2.04. The standard InChI is InChI=1S/C6H6O3S.C5H9NO4/c7-10(8,9)6-4-2-1-3-5-6;1-10-5(9)3(6)2-4(7)8/h1-5H,(H,7,8,9);3H,2,6H2,1H3,(H,7,8)/t;3-/m.0/s1. The van der Waals surface area contributed by atoms with Crippen LogP contribution in [0.15, 0.2) is 35.2 Å². The SMILES string of the molecule is COC(=O)[C@@H](N)CC(=O)O.O=S(=O)(O)c1ccccc1. The molecule has 0 amide bonds. The first-order valence-corrected chi connectivity index (χ1v) is 6.70. The van der Waals surface area contributed by atoms with Crippen LogP contribution < -0.4 is 5.73 Å². The molecule has 0 saturated carbocycles. The first-order chi connectivity index (χ1) is 9.18. The molecule has 0 radical (unpaired) electrons. The summed E-state index contributed by atoms with van der Waals surface area (Å²) in [5.41, 5.74) is 5.07. The van der Waals surface area contributed by atoms with Crippen molar-refractivity contribution in [1.29, 1.82) is 0 Å². The number of hydrogen-bond donors (Lipinski definition) is 3. The first kappa shape index (κ1) is 18.0. The number of aliphatic carboxylic acids is 1. The summed E-state index contributed by atoms with van der Waals surface area (Å²) in [5, 5.41) is 8.14. The van der Waals surface area contributed by atoms with Gasteiger partial charge in [-0.25, -0.2) is 0 Å². The minimum absolute atomic E-state index is 0.0741. The number of nitrogens with two attached hydrogens (primary N) is 1. The van der Waals surface area contributed by atoms with Gasteiger partial charge >= 0.3 is 11.9 Å². The summed E-state index contributed by atoms with van der Waals surface area (Å²) in [6.07, 6.45) is -0.396. The van der Waals surface area contributed by atoms with E-state index >= 15 is 0 Å². The fourth-order valence-corrected chi connectivity index (χ4v) is 1.52. The highest BCUT2D eigenvalue weighted by Gasteiger charge is 2.16. The van der Waals surface area contributed by atoms with E-state index in [2.05, 4.69) is 4.74 Å². The van der Waals surface area contributed by atoms with E-state index in [9.17, 15) is 18.0 Å². The molecule has 0 aliphatic rings. The molecule has 0 saturated heterocycles. The van der Waals surface area contributed by atoms with Crippen molar-refractivity contribution in [3.05, 3.63) is 30.3 Å². The molecule has 1 atom stereocenters. The molecule has 8 nitrogen and oxygen atoms in total. The zero-order valence-electron chi connectivity index (χ0n) is 10.6. The Bertz CT molecular complexity index is 541. The number of carbonyl (C=O) groups is 2. The van der Waals surface area contributed by atoms with Crippen molar-refractivity contribution in [2.75, 3.05) is 7.11 Å². The van der Waals surface area contributed by atoms with Gasteiger partial charge in [0.1, 0.15) is 6.04 Å². The number of carboxylic acid groups (broad SMARTS) is 1. The fraction of sp³-hybridized carbons (Fsp3) is 0.273. The maximum Gasteiger partial charge on any atom is 0.323 e. The molecule has 1 aromatic rings. The molecule has 1 rings (SSSR count). The molecule has 0 heterocycles. The summed E-state index contributed by atoms with van der Waals surface area (Å²) >= 11 is 0. The Labute approximate surface area is 115 Å². The Hall–Kier alpha value is -1.97. The second-order valence-electron chi connectivity index (χ2n) is 3.52. The largest absolute Gasteiger partial charge is 0.481 e. The summed E-state index contributed by atoms with van der Waals surface area (Å²) in [4.78, 5) is 20.3. The van der Waals surface area contributed by atoms with Gasteiger partial charge in [0.15, 0.2) is 0 Å². The Morgan fingerprint density at radius 3 is 2.10 bits per heavy atom. The highest BCUT2D eigenvalue weighted by atomic mass is 32.2. The number of carboxylic acids is 1. The molecule has 9 heteroatoms. The zero-order valence-corrected chi connectivity index (χ0v) is 11.4. The average molecular weight is 305 g/mol. The van der Waals surface area contributed by atoms with Gasteiger partial charge in [-0.2, -0.15) is 8.42 Å². The average Bonchev–Trinajstić information content (AvgIpc) is 2.37. The quantitative estimate of drug-likeness (QED) is 0.516. The van der Waals surface area contributed by atoms with Crippen molar-refractivity contribution < 1.29 is 32.4 Å². The van der Waals surface area contributed by atoms with Crippen molar-refractivity contribution in [1.82, 2.24) is 0 Å². The Kier molecular flexibility index (Phi) is 7.44. The number of esters is 1. The molecule has 4 N–H and O–H groups in total. The van der Waals surface area contributed by atoms with Gasteiger partial charge in [0.05, 0.1) is 18.4 Å². The Morgan fingerprint density at radius 2 is 1.80 bits per heavy atom. The molecule has 1 aromatic carbocycles. The van der Waals surface area contributed by atoms with Gasteiger partial charge in [0.25, 0.3) is 10.1 Å². The highest BCUT2D eigenvalue weighted by Crippen LogP contribution is 2.05. The minimum Gasteiger partial charge on any atom is -0.481 e. The van der Waals surface area contributed by atoms with Crippen LogP contribution in [-0.2, 0) is 24.4 Å². The topological polar surface area (TPSA) is 144 Å². The van der Waals surface area contributed by atoms with Crippen molar-refractivity contribution in [2.45, 2.75) is 17.4 Å². The van der Waals surface area contributed by atoms with Gasteiger partial charge in [-0.3, -0.25) is 14.1 Å². The van der Waals surface area contributed by atoms with Crippen LogP contribution >= 0.6 is 0 Å². The smallest absolute Gasteiger partial charge is 0.323 e. The molecule has 0 aliphatic carbocycles. The summed E-state index contributed by atoms with van der Waals surface area (Å²) < 4.78 is 33.4. The van der Waals surface area contributed by atoms with Crippen LogP contribution in [0.25, 0.3) is 0 Å². The van der Waals surface area contributed by atoms with Crippen LogP contribution in [0.1, 0.15) is 6.42 Å². The second kappa shape index (κ2) is 8.25. The van der Waals surface area contributed by atoms with Crippen LogP contribution in [0.2, 0.25) is 0 Å². The van der Waals surface area contributed by atoms with Crippen LogP contribution in [0.4, 0.5) is 0 Å². The maximum atomic E-state index is 10.4. The van der Waals surface area contributed by atoms with Gasteiger partial charge in [0, 0.05) is 0 Å². The Morgan fingerprint density at radius 1 is 1.30 bits per heavy atom. The van der Waals surface area contributed by atoms with E-state index in [-0.39, 0.29) is 4.90 Å². The summed E-state index contributed by atoms with van der Waals surface area (Å²) in [6, 6.07) is 6.37. The second-order valence-corrected chi connectivity index (χ2v) is 4.94. The number of rotatable bonds is 4. The van der Waals surface area contributed by atoms with Gasteiger partial charge in [-0.1, -0.05) is 18.2 Å². The summed E-state index contributed by atoms with van der Waals surface area (Å²) in [7, 11) is -2.85. The molecule has 0 aliphatic heterocycles. The minimum atomic E-state index is -4.00. The normalized spacial score (nSPS) is 11.8. The maximum absolute atomic E-state index is 10.4. The number of hydrogen-bond acceptors (Lipinski definition) is 6. The summed E-state index contributed by atoms with van der Waals surface area (Å²) in [6.45, 7) is 0. The molecule has 0 unspecified atom stereocenters. The number of methoxy groups -OCH3 is 1. The van der Waals surface area contributed by atoms with Crippen molar-refractivity contribution in [2.24, 2.45) is 5.73 Å². The van der Waals surface area contributed by atoms with Gasteiger partial charge in [-0.05, 0) is 12.1 Å². The molecule has 20 heavy (non-hydrogen) atoms. The summed E-state index contributed by atoms with van der Waals surface area (Å²) in [5.74, 6) is -1.82. The zero-order chi connectivity index (χ0) is 15.8. The number of ether oxygens (including phenoxy) is 1. The third kappa shape index (κ3) is 7.46. The third-order valence-corrected chi connectivity index (χ3v) is 2.81. The van der Waals surface area contributed by atoms with E-state index in [0.29, 0.717) is 0 Å². The third-order valence-electron chi connectivity index (χ3n) is 1.94. The van der Waals surface area contributed by atoms with E-state index in [1.807, 2.05) is 0 Å². The predicted octanol–water partition coefficient (Wildman–Crippen LogP) is -0.105. The predicted molar refractivity (Wildman–Crippen MR) is 68.5 cm³/mol. The van der Waals surface area contributed by atoms with Gasteiger partial charge in [0.2, 0.25) is 0 Å². The molecular weight excluding hydrogens is 290 g/mol. The fourth-order valence-electron chi connectivity index (χ4n) is 1.02.